The molecule has 1 atom stereocenters. The van der Waals surface area contributed by atoms with Crippen molar-refractivity contribution in [1.29, 1.82) is 0 Å². The van der Waals surface area contributed by atoms with Crippen molar-refractivity contribution in [2.75, 3.05) is 6.61 Å². The van der Waals surface area contributed by atoms with Crippen molar-refractivity contribution >= 4 is 0 Å². The minimum Gasteiger partial charge on any atom is -0.375 e. The van der Waals surface area contributed by atoms with Crippen molar-refractivity contribution in [2.45, 2.75) is 66.0 Å². The molecule has 0 aliphatic carbocycles. The van der Waals surface area contributed by atoms with Crippen LogP contribution in [0.3, 0.4) is 0 Å². The zero-order chi connectivity index (χ0) is 11.1. The van der Waals surface area contributed by atoms with Gasteiger partial charge in [-0.2, -0.15) is 0 Å². The van der Waals surface area contributed by atoms with Gasteiger partial charge in [-0.3, -0.25) is 5.32 Å². The molecule has 0 aliphatic heterocycles. The molecule has 1 unspecified atom stereocenters. The van der Waals surface area contributed by atoms with Crippen molar-refractivity contribution < 1.29 is 9.47 Å². The van der Waals surface area contributed by atoms with Crippen LogP contribution in [0.15, 0.2) is 0 Å². The van der Waals surface area contributed by atoms with E-state index in [1.54, 1.807) is 0 Å². The summed E-state index contributed by atoms with van der Waals surface area (Å²) >= 11 is 0. The van der Waals surface area contributed by atoms with Crippen LogP contribution in [0.2, 0.25) is 0 Å². The standard InChI is InChI=1S/C11H25NO2/c1-8(2)12-11(14-10(5)6)7-13-9(3)4/h8-12H,7H2,1-6H3. The van der Waals surface area contributed by atoms with E-state index in [0.717, 1.165) is 0 Å². The van der Waals surface area contributed by atoms with E-state index >= 15 is 0 Å². The quantitative estimate of drug-likeness (QED) is 0.643. The first-order chi connectivity index (χ1) is 6.41. The molecule has 0 rings (SSSR count). The third-order valence-electron chi connectivity index (χ3n) is 1.54. The predicted octanol–water partition coefficient (Wildman–Crippen LogP) is 2.16. The molecule has 86 valence electrons. The Bertz CT molecular complexity index is 125. The molecule has 0 aromatic heterocycles. The first-order valence-corrected chi connectivity index (χ1v) is 5.45. The second-order valence-corrected chi connectivity index (χ2v) is 4.38. The van der Waals surface area contributed by atoms with E-state index in [2.05, 4.69) is 19.2 Å². The van der Waals surface area contributed by atoms with Crippen LogP contribution in [0, 0.1) is 0 Å². The van der Waals surface area contributed by atoms with Gasteiger partial charge in [0.25, 0.3) is 0 Å². The van der Waals surface area contributed by atoms with Gasteiger partial charge in [-0.15, -0.1) is 0 Å². The van der Waals surface area contributed by atoms with E-state index in [0.29, 0.717) is 12.6 Å². The lowest BCUT2D eigenvalue weighted by atomic mass is 10.3. The van der Waals surface area contributed by atoms with Crippen LogP contribution in [-0.2, 0) is 9.47 Å². The third kappa shape index (κ3) is 8.48. The molecule has 0 aliphatic rings. The largest absolute Gasteiger partial charge is 0.375 e. The molecule has 0 heterocycles. The molecule has 0 aromatic rings. The zero-order valence-corrected chi connectivity index (χ0v) is 10.3. The summed E-state index contributed by atoms with van der Waals surface area (Å²) in [6, 6.07) is 0.412. The molecule has 3 heteroatoms. The molecule has 14 heavy (non-hydrogen) atoms. The summed E-state index contributed by atoms with van der Waals surface area (Å²) < 4.78 is 11.2. The second-order valence-electron chi connectivity index (χ2n) is 4.38. The molecule has 0 radical (unpaired) electrons. The van der Waals surface area contributed by atoms with Crippen LogP contribution in [0.5, 0.6) is 0 Å². The van der Waals surface area contributed by atoms with E-state index in [-0.39, 0.29) is 18.4 Å². The average molecular weight is 203 g/mol. The molecule has 0 saturated heterocycles. The highest BCUT2D eigenvalue weighted by Crippen LogP contribution is 1.99. The summed E-state index contributed by atoms with van der Waals surface area (Å²) in [5, 5.41) is 3.32. The van der Waals surface area contributed by atoms with Gasteiger partial charge in [0.15, 0.2) is 0 Å². The minimum atomic E-state index is -0.00241. The monoisotopic (exact) mass is 203 g/mol. The Morgan fingerprint density at radius 2 is 1.50 bits per heavy atom. The molecular weight excluding hydrogens is 178 g/mol. The highest BCUT2D eigenvalue weighted by atomic mass is 16.5. The van der Waals surface area contributed by atoms with Crippen molar-refractivity contribution in [3.05, 3.63) is 0 Å². The lowest BCUT2D eigenvalue weighted by molar-refractivity contribution is -0.0762. The SMILES string of the molecule is CC(C)NC(COC(C)C)OC(C)C. The van der Waals surface area contributed by atoms with Crippen molar-refractivity contribution in [3.8, 4) is 0 Å². The van der Waals surface area contributed by atoms with Crippen molar-refractivity contribution in [1.82, 2.24) is 5.32 Å². The van der Waals surface area contributed by atoms with Crippen LogP contribution in [-0.4, -0.2) is 31.1 Å². The van der Waals surface area contributed by atoms with Gasteiger partial charge in [-0.25, -0.2) is 0 Å². The maximum atomic E-state index is 5.68. The molecule has 0 fully saturated rings. The maximum absolute atomic E-state index is 5.68. The molecular formula is C11H25NO2. The Hall–Kier alpha value is -0.120. The summed E-state index contributed by atoms with van der Waals surface area (Å²) in [5.74, 6) is 0. The Kier molecular flexibility index (Phi) is 7.15. The maximum Gasteiger partial charge on any atom is 0.132 e. The third-order valence-corrected chi connectivity index (χ3v) is 1.54. The van der Waals surface area contributed by atoms with Crippen LogP contribution in [0.25, 0.3) is 0 Å². The Morgan fingerprint density at radius 1 is 0.929 bits per heavy atom. The lowest BCUT2D eigenvalue weighted by Crippen LogP contribution is -2.42. The van der Waals surface area contributed by atoms with Gasteiger partial charge < -0.3 is 9.47 Å². The topological polar surface area (TPSA) is 30.5 Å². The summed E-state index contributed by atoms with van der Waals surface area (Å²) in [6.07, 6.45) is 0.474. The molecule has 3 nitrogen and oxygen atoms in total. The van der Waals surface area contributed by atoms with Gasteiger partial charge >= 0.3 is 0 Å². The molecule has 0 saturated carbocycles. The van der Waals surface area contributed by atoms with Gasteiger partial charge in [-0.1, -0.05) is 0 Å². The average Bonchev–Trinajstić information content (AvgIpc) is 1.97. The Balaban J connectivity index is 3.84. The smallest absolute Gasteiger partial charge is 0.132 e. The van der Waals surface area contributed by atoms with Crippen LogP contribution in [0.1, 0.15) is 41.5 Å². The summed E-state index contributed by atoms with van der Waals surface area (Å²) in [6.45, 7) is 12.9. The van der Waals surface area contributed by atoms with Gasteiger partial charge in [0, 0.05) is 6.04 Å². The zero-order valence-electron chi connectivity index (χ0n) is 10.3. The van der Waals surface area contributed by atoms with E-state index in [9.17, 15) is 0 Å². The number of hydrogen-bond acceptors (Lipinski definition) is 3. The summed E-state index contributed by atoms with van der Waals surface area (Å²) in [5.41, 5.74) is 0. The normalized spacial score (nSPS) is 14.4. The first kappa shape index (κ1) is 13.9. The minimum absolute atomic E-state index is 0.00241. The van der Waals surface area contributed by atoms with Crippen molar-refractivity contribution in [3.63, 3.8) is 0 Å². The fraction of sp³-hybridized carbons (Fsp3) is 1.00. The highest BCUT2D eigenvalue weighted by molar-refractivity contribution is 4.60. The Labute approximate surface area is 88.2 Å². The molecule has 0 amide bonds. The van der Waals surface area contributed by atoms with Gasteiger partial charge in [0.1, 0.15) is 6.23 Å². The van der Waals surface area contributed by atoms with Crippen molar-refractivity contribution in [2.24, 2.45) is 0 Å². The lowest BCUT2D eigenvalue weighted by Gasteiger charge is -2.24. The van der Waals surface area contributed by atoms with Gasteiger partial charge in [-0.05, 0) is 41.5 Å². The molecule has 0 aromatic carbocycles. The predicted molar refractivity (Wildman–Crippen MR) is 59.4 cm³/mol. The number of nitrogens with one attached hydrogen (secondary N) is 1. The molecule has 0 spiro atoms. The summed E-state index contributed by atoms with van der Waals surface area (Å²) in [4.78, 5) is 0. The van der Waals surface area contributed by atoms with Gasteiger partial charge in [0.2, 0.25) is 0 Å². The van der Waals surface area contributed by atoms with Crippen LogP contribution < -0.4 is 5.32 Å². The van der Waals surface area contributed by atoms with E-state index in [1.807, 2.05) is 27.7 Å². The van der Waals surface area contributed by atoms with E-state index in [4.69, 9.17) is 9.47 Å². The van der Waals surface area contributed by atoms with E-state index < -0.39 is 0 Å². The fourth-order valence-electron chi connectivity index (χ4n) is 1.11. The fourth-order valence-corrected chi connectivity index (χ4v) is 1.11. The Morgan fingerprint density at radius 3 is 1.86 bits per heavy atom. The van der Waals surface area contributed by atoms with E-state index in [1.165, 1.54) is 0 Å². The van der Waals surface area contributed by atoms with Crippen LogP contribution in [0.4, 0.5) is 0 Å². The molecule has 0 bridgehead atoms. The molecule has 1 N–H and O–H groups in total. The number of rotatable bonds is 7. The first-order valence-electron chi connectivity index (χ1n) is 5.45. The highest BCUT2D eigenvalue weighted by Gasteiger charge is 2.12. The summed E-state index contributed by atoms with van der Waals surface area (Å²) in [7, 11) is 0. The second kappa shape index (κ2) is 7.21. The van der Waals surface area contributed by atoms with Gasteiger partial charge in [0.05, 0.1) is 18.8 Å². The number of ether oxygens (including phenoxy) is 2. The van der Waals surface area contributed by atoms with Crippen LogP contribution >= 0.6 is 0 Å². The number of hydrogen-bond donors (Lipinski definition) is 1.